The van der Waals surface area contributed by atoms with E-state index in [1.54, 1.807) is 0 Å². The maximum atomic E-state index is 12.2. The first-order chi connectivity index (χ1) is 12.7. The Hall–Kier alpha value is -1.83. The molecule has 1 saturated carbocycles. The highest BCUT2D eigenvalue weighted by Gasteiger charge is 2.22. The van der Waals surface area contributed by atoms with E-state index in [1.807, 2.05) is 24.3 Å². The van der Waals surface area contributed by atoms with Crippen LogP contribution in [0.2, 0.25) is 0 Å². The molecule has 0 amide bonds. The van der Waals surface area contributed by atoms with Crippen molar-refractivity contribution in [2.45, 2.75) is 64.4 Å². The van der Waals surface area contributed by atoms with Crippen LogP contribution in [0.4, 0.5) is 0 Å². The van der Waals surface area contributed by atoms with Gasteiger partial charge < -0.3 is 9.84 Å². The largest absolute Gasteiger partial charge is 0.424 e. The second-order valence-electron chi connectivity index (χ2n) is 6.83. The Morgan fingerprint density at radius 3 is 2.58 bits per heavy atom. The summed E-state index contributed by atoms with van der Waals surface area (Å²) in [5.74, 6) is 6.30. The van der Waals surface area contributed by atoms with Gasteiger partial charge in [0.05, 0.1) is 6.54 Å². The summed E-state index contributed by atoms with van der Waals surface area (Å²) >= 11 is 0. The summed E-state index contributed by atoms with van der Waals surface area (Å²) in [5, 5.41) is 10.1. The van der Waals surface area contributed by atoms with Gasteiger partial charge >= 0.3 is 5.97 Å². The van der Waals surface area contributed by atoms with Gasteiger partial charge in [0.15, 0.2) is 6.10 Å². The number of carbonyl (C=O) groups is 1. The van der Waals surface area contributed by atoms with Crippen LogP contribution in [-0.2, 0) is 4.79 Å². The van der Waals surface area contributed by atoms with E-state index in [9.17, 15) is 9.90 Å². The predicted molar refractivity (Wildman–Crippen MR) is 104 cm³/mol. The van der Waals surface area contributed by atoms with Crippen molar-refractivity contribution < 1.29 is 14.6 Å². The van der Waals surface area contributed by atoms with Crippen molar-refractivity contribution in [3.05, 3.63) is 29.8 Å². The zero-order valence-electron chi connectivity index (χ0n) is 16.0. The Labute approximate surface area is 157 Å². The van der Waals surface area contributed by atoms with Crippen LogP contribution in [0.1, 0.15) is 63.9 Å². The van der Waals surface area contributed by atoms with E-state index >= 15 is 0 Å². The van der Waals surface area contributed by atoms with Gasteiger partial charge in [-0.3, -0.25) is 4.90 Å². The number of para-hydroxylation sites is 1. The van der Waals surface area contributed by atoms with Gasteiger partial charge in [-0.2, -0.15) is 0 Å². The van der Waals surface area contributed by atoms with E-state index in [1.165, 1.54) is 19.3 Å². The van der Waals surface area contributed by atoms with Gasteiger partial charge in [-0.05, 0) is 43.5 Å². The predicted octanol–water partition coefficient (Wildman–Crippen LogP) is 3.74. The molecular formula is C22H31NO3. The Balaban J connectivity index is 1.92. The average Bonchev–Trinajstić information content (AvgIpc) is 2.69. The lowest BCUT2D eigenvalue weighted by molar-refractivity contribution is -0.143. The molecule has 1 N–H and O–H groups in total. The Kier molecular flexibility index (Phi) is 8.67. The fourth-order valence-electron chi connectivity index (χ4n) is 3.37. The van der Waals surface area contributed by atoms with Gasteiger partial charge in [-0.15, -0.1) is 0 Å². The van der Waals surface area contributed by atoms with E-state index in [0.29, 0.717) is 18.2 Å². The normalized spacial score (nSPS) is 16.0. The molecule has 0 unspecified atom stereocenters. The minimum atomic E-state index is -1.21. The van der Waals surface area contributed by atoms with Crippen molar-refractivity contribution in [2.75, 3.05) is 19.6 Å². The summed E-state index contributed by atoms with van der Waals surface area (Å²) in [7, 11) is 0. The van der Waals surface area contributed by atoms with E-state index in [4.69, 9.17) is 4.74 Å². The molecule has 1 aromatic carbocycles. The Morgan fingerprint density at radius 2 is 1.88 bits per heavy atom. The standard InChI is InChI=1S/C22H31NO3/c1-3-23(4-2)17-11-10-15-20(24)22(25)26-21-16-9-8-14-19(21)18-12-6-5-7-13-18/h8-9,14,16,18,20,24H,3-7,12-13,15,17H2,1-2H3/t20-/m0/s1. The molecule has 0 radical (unpaired) electrons. The summed E-state index contributed by atoms with van der Waals surface area (Å²) in [6.07, 6.45) is 4.88. The van der Waals surface area contributed by atoms with Crippen molar-refractivity contribution in [2.24, 2.45) is 0 Å². The lowest BCUT2D eigenvalue weighted by atomic mass is 9.84. The van der Waals surface area contributed by atoms with Gasteiger partial charge in [-0.25, -0.2) is 4.79 Å². The molecule has 1 atom stereocenters. The van der Waals surface area contributed by atoms with E-state index in [2.05, 4.69) is 30.6 Å². The number of aliphatic hydroxyl groups excluding tert-OH is 1. The Morgan fingerprint density at radius 1 is 1.19 bits per heavy atom. The monoisotopic (exact) mass is 357 g/mol. The highest BCUT2D eigenvalue weighted by atomic mass is 16.5. The average molecular weight is 357 g/mol. The van der Waals surface area contributed by atoms with Crippen molar-refractivity contribution in [3.63, 3.8) is 0 Å². The van der Waals surface area contributed by atoms with Crippen LogP contribution in [0.25, 0.3) is 0 Å². The number of hydrogen-bond donors (Lipinski definition) is 1. The molecule has 0 aromatic heterocycles. The quantitative estimate of drug-likeness (QED) is 0.459. The molecule has 0 heterocycles. The molecule has 142 valence electrons. The molecule has 1 fully saturated rings. The second-order valence-corrected chi connectivity index (χ2v) is 6.83. The van der Waals surface area contributed by atoms with E-state index in [-0.39, 0.29) is 6.42 Å². The topological polar surface area (TPSA) is 49.8 Å². The van der Waals surface area contributed by atoms with Crippen molar-refractivity contribution >= 4 is 5.97 Å². The molecule has 0 saturated heterocycles. The number of nitrogens with zero attached hydrogens (tertiary/aromatic N) is 1. The van der Waals surface area contributed by atoms with Crippen molar-refractivity contribution in [3.8, 4) is 17.6 Å². The van der Waals surface area contributed by atoms with Gasteiger partial charge in [0.25, 0.3) is 0 Å². The van der Waals surface area contributed by atoms with Crippen molar-refractivity contribution in [1.82, 2.24) is 4.90 Å². The van der Waals surface area contributed by atoms with Gasteiger partial charge in [-0.1, -0.05) is 63.1 Å². The number of hydrogen-bond acceptors (Lipinski definition) is 4. The molecule has 2 rings (SSSR count). The number of carbonyl (C=O) groups excluding carboxylic acids is 1. The summed E-state index contributed by atoms with van der Waals surface area (Å²) in [6, 6.07) is 7.71. The van der Waals surface area contributed by atoms with E-state index in [0.717, 1.165) is 31.5 Å². The maximum absolute atomic E-state index is 12.2. The van der Waals surface area contributed by atoms with Gasteiger partial charge in [0.2, 0.25) is 0 Å². The third-order valence-corrected chi connectivity index (χ3v) is 5.06. The van der Waals surface area contributed by atoms with Crippen LogP contribution in [0.3, 0.4) is 0 Å². The third-order valence-electron chi connectivity index (χ3n) is 5.06. The summed E-state index contributed by atoms with van der Waals surface area (Å²) in [6.45, 7) is 6.70. The molecule has 0 spiro atoms. The molecular weight excluding hydrogens is 326 g/mol. The smallest absolute Gasteiger partial charge is 0.341 e. The van der Waals surface area contributed by atoms with Gasteiger partial charge in [0.1, 0.15) is 5.75 Å². The molecule has 4 heteroatoms. The van der Waals surface area contributed by atoms with Crippen LogP contribution in [0.15, 0.2) is 24.3 Å². The lowest BCUT2D eigenvalue weighted by Crippen LogP contribution is -2.26. The SMILES string of the molecule is CCN(CC)CC#CC[C@H](O)C(=O)Oc1ccccc1C1CCCCC1. The van der Waals surface area contributed by atoms with Gasteiger partial charge in [0, 0.05) is 6.42 Å². The highest BCUT2D eigenvalue weighted by molar-refractivity contribution is 5.77. The van der Waals surface area contributed by atoms with Crippen LogP contribution in [0, 0.1) is 11.8 Å². The van der Waals surface area contributed by atoms with E-state index < -0.39 is 12.1 Å². The molecule has 1 aliphatic rings. The van der Waals surface area contributed by atoms with Crippen molar-refractivity contribution in [1.29, 1.82) is 0 Å². The molecule has 4 nitrogen and oxygen atoms in total. The summed E-state index contributed by atoms with van der Waals surface area (Å²) < 4.78 is 5.51. The second kappa shape index (κ2) is 11.0. The minimum Gasteiger partial charge on any atom is -0.424 e. The summed E-state index contributed by atoms with van der Waals surface area (Å²) in [5.41, 5.74) is 1.08. The third kappa shape index (κ3) is 6.16. The molecule has 0 aliphatic heterocycles. The fraction of sp³-hybridized carbons (Fsp3) is 0.591. The number of esters is 1. The molecule has 1 aromatic rings. The zero-order chi connectivity index (χ0) is 18.8. The van der Waals surface area contributed by atoms with Crippen LogP contribution < -0.4 is 4.74 Å². The van der Waals surface area contributed by atoms with Crippen LogP contribution in [0.5, 0.6) is 5.75 Å². The minimum absolute atomic E-state index is 0.103. The zero-order valence-corrected chi connectivity index (χ0v) is 16.0. The van der Waals surface area contributed by atoms with Crippen LogP contribution >= 0.6 is 0 Å². The molecule has 0 bridgehead atoms. The first-order valence-corrected chi connectivity index (χ1v) is 9.82. The van der Waals surface area contributed by atoms with Crippen LogP contribution in [-0.4, -0.2) is 41.7 Å². The lowest BCUT2D eigenvalue weighted by Gasteiger charge is -2.24. The Bertz CT molecular complexity index is 622. The first kappa shape index (κ1) is 20.5. The highest BCUT2D eigenvalue weighted by Crippen LogP contribution is 2.37. The number of benzene rings is 1. The maximum Gasteiger partial charge on any atom is 0.341 e. The number of aliphatic hydroxyl groups is 1. The summed E-state index contributed by atoms with van der Waals surface area (Å²) in [4.78, 5) is 14.4. The number of rotatable bonds is 7. The first-order valence-electron chi connectivity index (χ1n) is 9.82. The molecule has 1 aliphatic carbocycles. The molecule has 26 heavy (non-hydrogen) atoms. The number of ether oxygens (including phenoxy) is 1. The fourth-order valence-corrected chi connectivity index (χ4v) is 3.37.